The maximum Gasteiger partial charge on any atom is 0.217 e. The first-order valence-electron chi connectivity index (χ1n) is 6.99. The highest BCUT2D eigenvalue weighted by Gasteiger charge is 2.46. The van der Waals surface area contributed by atoms with E-state index in [2.05, 4.69) is 29.6 Å². The first-order chi connectivity index (χ1) is 9.63. The summed E-state index contributed by atoms with van der Waals surface area (Å²) in [6.07, 6.45) is 4.70. The van der Waals surface area contributed by atoms with Crippen LogP contribution in [0, 0.1) is 0 Å². The predicted molar refractivity (Wildman–Crippen MR) is 77.1 cm³/mol. The molecule has 0 atom stereocenters. The van der Waals surface area contributed by atoms with E-state index in [4.69, 9.17) is 11.6 Å². The average Bonchev–Trinajstić information content (AvgIpc) is 3.08. The Morgan fingerprint density at radius 3 is 2.65 bits per heavy atom. The van der Waals surface area contributed by atoms with E-state index < -0.39 is 0 Å². The van der Waals surface area contributed by atoms with Crippen LogP contribution in [0.15, 0.2) is 24.3 Å². The highest BCUT2D eigenvalue weighted by Crippen LogP contribution is 2.35. The lowest BCUT2D eigenvalue weighted by atomic mass is 9.95. The number of tetrazole rings is 1. The van der Waals surface area contributed by atoms with Gasteiger partial charge in [-0.1, -0.05) is 17.7 Å². The average molecular weight is 293 g/mol. The standard InChI is InChI=1S/C14H18ClN5/c1-19(2)14(8-3-4-9-14)13-16-17-18-20(13)12-7-5-6-11(15)10-12/h5-7,10H,3-4,8-9H2,1-2H3/p+1. The van der Waals surface area contributed by atoms with Crippen molar-refractivity contribution < 1.29 is 4.90 Å². The van der Waals surface area contributed by atoms with E-state index in [-0.39, 0.29) is 5.54 Å². The van der Waals surface area contributed by atoms with Crippen LogP contribution in [0.3, 0.4) is 0 Å². The van der Waals surface area contributed by atoms with Crippen molar-refractivity contribution in [2.24, 2.45) is 0 Å². The Bertz CT molecular complexity index is 601. The molecule has 0 unspecified atom stereocenters. The fourth-order valence-electron chi connectivity index (χ4n) is 3.19. The summed E-state index contributed by atoms with van der Waals surface area (Å²) in [6.45, 7) is 0. The molecule has 0 bridgehead atoms. The van der Waals surface area contributed by atoms with Gasteiger partial charge in [0.05, 0.1) is 19.8 Å². The van der Waals surface area contributed by atoms with E-state index >= 15 is 0 Å². The molecule has 1 N–H and O–H groups in total. The molecule has 2 aromatic rings. The molecule has 0 spiro atoms. The van der Waals surface area contributed by atoms with Crippen LogP contribution in [0.25, 0.3) is 5.69 Å². The molecular formula is C14H19ClN5+. The minimum Gasteiger partial charge on any atom is -0.329 e. The molecule has 1 aromatic heterocycles. The van der Waals surface area contributed by atoms with Gasteiger partial charge >= 0.3 is 0 Å². The molecule has 1 fully saturated rings. The molecule has 106 valence electrons. The van der Waals surface area contributed by atoms with Gasteiger partial charge in [0.15, 0.2) is 5.54 Å². The molecule has 6 heteroatoms. The number of hydrogen-bond donors (Lipinski definition) is 1. The van der Waals surface area contributed by atoms with Gasteiger partial charge in [-0.05, 0) is 41.5 Å². The molecule has 0 saturated heterocycles. The van der Waals surface area contributed by atoms with E-state index in [1.165, 1.54) is 17.7 Å². The third-order valence-electron chi connectivity index (χ3n) is 4.36. The summed E-state index contributed by atoms with van der Waals surface area (Å²) in [5, 5.41) is 13.1. The van der Waals surface area contributed by atoms with Crippen LogP contribution in [0.4, 0.5) is 0 Å². The first-order valence-corrected chi connectivity index (χ1v) is 7.37. The molecule has 1 heterocycles. The van der Waals surface area contributed by atoms with Crippen molar-refractivity contribution in [1.82, 2.24) is 20.2 Å². The Morgan fingerprint density at radius 1 is 1.25 bits per heavy atom. The Morgan fingerprint density at radius 2 is 2.00 bits per heavy atom. The van der Waals surface area contributed by atoms with Crippen molar-refractivity contribution in [2.75, 3.05) is 14.1 Å². The highest BCUT2D eigenvalue weighted by molar-refractivity contribution is 6.30. The largest absolute Gasteiger partial charge is 0.329 e. The summed E-state index contributed by atoms with van der Waals surface area (Å²) in [6, 6.07) is 7.67. The molecule has 1 aromatic carbocycles. The third kappa shape index (κ3) is 2.11. The lowest BCUT2D eigenvalue weighted by Crippen LogP contribution is -3.13. The normalized spacial score (nSPS) is 17.8. The van der Waals surface area contributed by atoms with E-state index in [1.807, 2.05) is 28.9 Å². The topological polar surface area (TPSA) is 48.0 Å². The van der Waals surface area contributed by atoms with Crippen molar-refractivity contribution in [1.29, 1.82) is 0 Å². The quantitative estimate of drug-likeness (QED) is 0.926. The van der Waals surface area contributed by atoms with Crippen LogP contribution in [0.2, 0.25) is 5.02 Å². The molecule has 1 saturated carbocycles. The van der Waals surface area contributed by atoms with Crippen molar-refractivity contribution in [2.45, 2.75) is 31.2 Å². The smallest absolute Gasteiger partial charge is 0.217 e. The fraction of sp³-hybridized carbons (Fsp3) is 0.500. The monoisotopic (exact) mass is 292 g/mol. The maximum absolute atomic E-state index is 6.08. The molecule has 0 radical (unpaired) electrons. The van der Waals surface area contributed by atoms with Crippen LogP contribution >= 0.6 is 11.6 Å². The van der Waals surface area contributed by atoms with Gasteiger partial charge in [-0.25, -0.2) is 0 Å². The number of nitrogens with zero attached hydrogens (tertiary/aromatic N) is 4. The van der Waals surface area contributed by atoms with Crippen LogP contribution in [0.1, 0.15) is 31.5 Å². The zero-order valence-electron chi connectivity index (χ0n) is 11.8. The summed E-state index contributed by atoms with van der Waals surface area (Å²) in [5.74, 6) is 0.942. The third-order valence-corrected chi connectivity index (χ3v) is 4.60. The SMILES string of the molecule is C[NH+](C)C1(c2nnnn2-c2cccc(Cl)c2)CCCC1. The van der Waals surface area contributed by atoms with Gasteiger partial charge in [0.2, 0.25) is 5.82 Å². The van der Waals surface area contributed by atoms with E-state index in [0.29, 0.717) is 5.02 Å². The summed E-state index contributed by atoms with van der Waals surface area (Å²) in [7, 11) is 4.37. The second-order valence-electron chi connectivity index (χ2n) is 5.68. The Balaban J connectivity index is 2.10. The van der Waals surface area contributed by atoms with E-state index in [0.717, 1.165) is 24.4 Å². The van der Waals surface area contributed by atoms with Gasteiger partial charge in [0.25, 0.3) is 0 Å². The van der Waals surface area contributed by atoms with Crippen LogP contribution in [-0.2, 0) is 5.54 Å². The van der Waals surface area contributed by atoms with Crippen LogP contribution in [0.5, 0.6) is 0 Å². The van der Waals surface area contributed by atoms with Gasteiger partial charge < -0.3 is 4.90 Å². The zero-order chi connectivity index (χ0) is 14.2. The lowest BCUT2D eigenvalue weighted by Gasteiger charge is -2.31. The van der Waals surface area contributed by atoms with Gasteiger partial charge in [-0.15, -0.1) is 5.10 Å². The number of aromatic nitrogens is 4. The fourth-order valence-corrected chi connectivity index (χ4v) is 3.38. The number of hydrogen-bond acceptors (Lipinski definition) is 3. The summed E-state index contributed by atoms with van der Waals surface area (Å²) >= 11 is 6.08. The second kappa shape index (κ2) is 5.14. The van der Waals surface area contributed by atoms with Crippen LogP contribution < -0.4 is 4.90 Å². The lowest BCUT2D eigenvalue weighted by molar-refractivity contribution is -0.924. The van der Waals surface area contributed by atoms with Crippen molar-refractivity contribution in [3.05, 3.63) is 35.1 Å². The minimum atomic E-state index is 0.00577. The number of nitrogens with one attached hydrogen (secondary N) is 1. The van der Waals surface area contributed by atoms with E-state index in [9.17, 15) is 0 Å². The number of benzene rings is 1. The van der Waals surface area contributed by atoms with Gasteiger partial charge in [-0.2, -0.15) is 4.68 Å². The second-order valence-corrected chi connectivity index (χ2v) is 6.12. The van der Waals surface area contributed by atoms with Crippen molar-refractivity contribution in [3.63, 3.8) is 0 Å². The molecule has 5 nitrogen and oxygen atoms in total. The Hall–Kier alpha value is -1.46. The molecular weight excluding hydrogens is 274 g/mol. The van der Waals surface area contributed by atoms with Gasteiger partial charge in [0.1, 0.15) is 0 Å². The minimum absolute atomic E-state index is 0.00577. The molecule has 1 aliphatic carbocycles. The summed E-state index contributed by atoms with van der Waals surface area (Å²) in [5.41, 5.74) is 0.927. The molecule has 0 amide bonds. The Kier molecular flexibility index (Phi) is 3.48. The predicted octanol–water partition coefficient (Wildman–Crippen LogP) is 1.23. The molecule has 1 aliphatic rings. The molecule has 0 aliphatic heterocycles. The first kappa shape index (κ1) is 13.5. The van der Waals surface area contributed by atoms with Crippen molar-refractivity contribution in [3.8, 4) is 5.69 Å². The van der Waals surface area contributed by atoms with Crippen molar-refractivity contribution >= 4 is 11.6 Å². The number of rotatable bonds is 3. The van der Waals surface area contributed by atoms with Crippen LogP contribution in [-0.4, -0.2) is 34.3 Å². The Labute approximate surface area is 123 Å². The summed E-state index contributed by atoms with van der Waals surface area (Å²) < 4.78 is 1.84. The van der Waals surface area contributed by atoms with Gasteiger partial charge in [-0.3, -0.25) is 0 Å². The number of quaternary nitrogens is 1. The highest BCUT2D eigenvalue weighted by atomic mass is 35.5. The molecule has 3 rings (SSSR count). The summed E-state index contributed by atoms with van der Waals surface area (Å²) in [4.78, 5) is 1.38. The maximum atomic E-state index is 6.08. The van der Waals surface area contributed by atoms with Gasteiger partial charge in [0, 0.05) is 17.9 Å². The van der Waals surface area contributed by atoms with E-state index in [1.54, 1.807) is 0 Å². The number of halogens is 1. The molecule has 20 heavy (non-hydrogen) atoms. The zero-order valence-corrected chi connectivity index (χ0v) is 12.6.